The van der Waals surface area contributed by atoms with E-state index in [2.05, 4.69) is 6.92 Å². The number of rotatable bonds is 8. The van der Waals surface area contributed by atoms with Gasteiger partial charge in [0.2, 0.25) is 0 Å². The van der Waals surface area contributed by atoms with Gasteiger partial charge >= 0.3 is 9.28 Å². The van der Waals surface area contributed by atoms with Crippen LogP contribution in [-0.4, -0.2) is 22.5 Å². The molecule has 0 rings (SSSR count). The first kappa shape index (κ1) is 12.1. The third kappa shape index (κ3) is 6.82. The van der Waals surface area contributed by atoms with Crippen molar-refractivity contribution in [2.24, 2.45) is 0 Å². The summed E-state index contributed by atoms with van der Waals surface area (Å²) in [5.74, 6) is 0. The van der Waals surface area contributed by atoms with Crippen LogP contribution in [0.4, 0.5) is 0 Å². The van der Waals surface area contributed by atoms with Gasteiger partial charge in [0.15, 0.2) is 0 Å². The molecule has 0 fully saturated rings. The van der Waals surface area contributed by atoms with Crippen molar-refractivity contribution in [1.82, 2.24) is 0 Å². The summed E-state index contributed by atoms with van der Waals surface area (Å²) in [6.45, 7) is 7.92. The molecular formula is C9H22O2Si. The van der Waals surface area contributed by atoms with Crippen LogP contribution < -0.4 is 0 Å². The van der Waals surface area contributed by atoms with E-state index in [1.807, 2.05) is 13.8 Å². The highest BCUT2D eigenvalue weighted by molar-refractivity contribution is 6.44. The standard InChI is InChI=1S/C9H22O2Si/c1-4-7-8-9-12(10-5-2)11-6-3/h12H,4-9H2,1-3H3. The molecule has 0 unspecified atom stereocenters. The van der Waals surface area contributed by atoms with E-state index in [9.17, 15) is 0 Å². The van der Waals surface area contributed by atoms with Gasteiger partial charge in [-0.2, -0.15) is 0 Å². The van der Waals surface area contributed by atoms with E-state index < -0.39 is 9.28 Å². The van der Waals surface area contributed by atoms with E-state index in [0.717, 1.165) is 13.2 Å². The maximum absolute atomic E-state index is 5.55. The van der Waals surface area contributed by atoms with Gasteiger partial charge in [0.1, 0.15) is 0 Å². The van der Waals surface area contributed by atoms with Gasteiger partial charge in [0.25, 0.3) is 0 Å². The van der Waals surface area contributed by atoms with Gasteiger partial charge in [-0.15, -0.1) is 0 Å². The van der Waals surface area contributed by atoms with Gasteiger partial charge in [0, 0.05) is 13.2 Å². The third-order valence-corrected chi connectivity index (χ3v) is 4.04. The topological polar surface area (TPSA) is 18.5 Å². The zero-order valence-corrected chi connectivity index (χ0v) is 9.79. The second-order valence-corrected chi connectivity index (χ2v) is 4.94. The lowest BCUT2D eigenvalue weighted by molar-refractivity contribution is 0.212. The highest BCUT2D eigenvalue weighted by Gasteiger charge is 2.10. The molecule has 12 heavy (non-hydrogen) atoms. The van der Waals surface area contributed by atoms with Gasteiger partial charge in [-0.05, 0) is 19.9 Å². The Kier molecular flexibility index (Phi) is 9.33. The molecule has 2 nitrogen and oxygen atoms in total. The van der Waals surface area contributed by atoms with Crippen LogP contribution in [0.3, 0.4) is 0 Å². The first-order valence-corrected chi connectivity index (χ1v) is 6.84. The van der Waals surface area contributed by atoms with Crippen molar-refractivity contribution in [1.29, 1.82) is 0 Å². The molecule has 0 radical (unpaired) electrons. The first-order chi connectivity index (χ1) is 5.85. The average molecular weight is 190 g/mol. The normalized spacial score (nSPS) is 11.0. The monoisotopic (exact) mass is 190 g/mol. The summed E-state index contributed by atoms with van der Waals surface area (Å²) in [4.78, 5) is 0. The summed E-state index contributed by atoms with van der Waals surface area (Å²) in [5, 5.41) is 0. The lowest BCUT2D eigenvalue weighted by Crippen LogP contribution is -2.22. The maximum atomic E-state index is 5.55. The van der Waals surface area contributed by atoms with Crippen molar-refractivity contribution in [3.8, 4) is 0 Å². The van der Waals surface area contributed by atoms with E-state index in [1.54, 1.807) is 0 Å². The second-order valence-electron chi connectivity index (χ2n) is 2.84. The smallest absolute Gasteiger partial charge is 0.321 e. The van der Waals surface area contributed by atoms with Crippen LogP contribution in [0.5, 0.6) is 0 Å². The summed E-state index contributed by atoms with van der Waals surface area (Å²) < 4.78 is 11.1. The van der Waals surface area contributed by atoms with E-state index >= 15 is 0 Å². The molecule has 0 saturated carbocycles. The fourth-order valence-corrected chi connectivity index (χ4v) is 2.94. The molecule has 0 atom stereocenters. The molecule has 74 valence electrons. The minimum absolute atomic E-state index is 0.809. The third-order valence-electron chi connectivity index (χ3n) is 1.75. The molecule has 0 heterocycles. The van der Waals surface area contributed by atoms with Crippen LogP contribution in [-0.2, 0) is 8.85 Å². The second kappa shape index (κ2) is 9.23. The lowest BCUT2D eigenvalue weighted by atomic mass is 10.3. The van der Waals surface area contributed by atoms with E-state index in [1.165, 1.54) is 25.3 Å². The van der Waals surface area contributed by atoms with Gasteiger partial charge in [-0.1, -0.05) is 26.2 Å². The highest BCUT2D eigenvalue weighted by atomic mass is 28.3. The van der Waals surface area contributed by atoms with Gasteiger partial charge in [-0.25, -0.2) is 0 Å². The maximum Gasteiger partial charge on any atom is 0.321 e. The molecule has 0 spiro atoms. The van der Waals surface area contributed by atoms with Crippen LogP contribution in [0.2, 0.25) is 6.04 Å². The molecule has 3 heteroatoms. The van der Waals surface area contributed by atoms with E-state index in [0.29, 0.717) is 0 Å². The number of hydrogen-bond acceptors (Lipinski definition) is 2. The zero-order valence-electron chi connectivity index (χ0n) is 8.64. The molecule has 0 aromatic rings. The van der Waals surface area contributed by atoms with Crippen molar-refractivity contribution in [3.63, 3.8) is 0 Å². The summed E-state index contributed by atoms with van der Waals surface area (Å²) in [5.41, 5.74) is 0. The van der Waals surface area contributed by atoms with Crippen molar-refractivity contribution in [2.45, 2.75) is 46.1 Å². The minimum Gasteiger partial charge on any atom is -0.397 e. The van der Waals surface area contributed by atoms with E-state index in [4.69, 9.17) is 8.85 Å². The fraction of sp³-hybridized carbons (Fsp3) is 1.00. The first-order valence-electron chi connectivity index (χ1n) is 5.08. The lowest BCUT2D eigenvalue weighted by Gasteiger charge is -2.13. The van der Waals surface area contributed by atoms with Crippen LogP contribution >= 0.6 is 0 Å². The van der Waals surface area contributed by atoms with Gasteiger partial charge < -0.3 is 8.85 Å². The van der Waals surface area contributed by atoms with Crippen LogP contribution in [0, 0.1) is 0 Å². The van der Waals surface area contributed by atoms with Crippen LogP contribution in [0.1, 0.15) is 40.0 Å². The number of hydrogen-bond donors (Lipinski definition) is 0. The van der Waals surface area contributed by atoms with Crippen molar-refractivity contribution >= 4 is 9.28 Å². The Morgan fingerprint density at radius 3 is 1.92 bits per heavy atom. The molecule has 0 aromatic carbocycles. The highest BCUT2D eigenvalue weighted by Crippen LogP contribution is 2.05. The molecule has 0 saturated heterocycles. The van der Waals surface area contributed by atoms with Crippen molar-refractivity contribution < 1.29 is 8.85 Å². The SMILES string of the molecule is CCCCC[SiH](OCC)OCC. The molecule has 0 N–H and O–H groups in total. The average Bonchev–Trinajstić information content (AvgIpc) is 2.06. The summed E-state index contributed by atoms with van der Waals surface area (Å²) >= 11 is 0. The Labute approximate surface area is 78.1 Å². The predicted octanol–water partition coefficient (Wildman–Crippen LogP) is 2.47. The Balaban J connectivity index is 3.34. The Hall–Kier alpha value is 0.137. The molecular weight excluding hydrogens is 168 g/mol. The largest absolute Gasteiger partial charge is 0.397 e. The Morgan fingerprint density at radius 1 is 0.917 bits per heavy atom. The molecule has 0 amide bonds. The molecule has 0 aliphatic heterocycles. The van der Waals surface area contributed by atoms with Crippen molar-refractivity contribution in [3.05, 3.63) is 0 Å². The fourth-order valence-electron chi connectivity index (χ4n) is 1.15. The molecule has 0 aliphatic carbocycles. The summed E-state index contributed by atoms with van der Waals surface area (Å²) in [6.07, 6.45) is 3.86. The van der Waals surface area contributed by atoms with Gasteiger partial charge in [-0.3, -0.25) is 0 Å². The number of unbranched alkanes of at least 4 members (excludes halogenated alkanes) is 2. The predicted molar refractivity (Wildman–Crippen MR) is 54.7 cm³/mol. The van der Waals surface area contributed by atoms with Gasteiger partial charge in [0.05, 0.1) is 0 Å². The van der Waals surface area contributed by atoms with Crippen LogP contribution in [0.15, 0.2) is 0 Å². The minimum atomic E-state index is -1.27. The quantitative estimate of drug-likeness (QED) is 0.432. The molecule has 0 aromatic heterocycles. The molecule has 0 aliphatic rings. The summed E-state index contributed by atoms with van der Waals surface area (Å²) in [7, 11) is -1.27. The zero-order chi connectivity index (χ0) is 9.23. The van der Waals surface area contributed by atoms with Crippen molar-refractivity contribution in [2.75, 3.05) is 13.2 Å². The summed E-state index contributed by atoms with van der Waals surface area (Å²) in [6, 6.07) is 1.18. The van der Waals surface area contributed by atoms with Crippen LogP contribution in [0.25, 0.3) is 0 Å². The Morgan fingerprint density at radius 2 is 1.50 bits per heavy atom. The molecule has 0 bridgehead atoms. The Bertz CT molecular complexity index is 82.6. The van der Waals surface area contributed by atoms with E-state index in [-0.39, 0.29) is 0 Å².